The van der Waals surface area contributed by atoms with Crippen LogP contribution in [-0.2, 0) is 11.2 Å². The number of halogens is 1. The normalized spacial score (nSPS) is 10.1. The SMILES string of the molecule is O=C(Cc1ccc(Cl)cc1)Nc1nccs1. The first-order chi connectivity index (χ1) is 7.74. The van der Waals surface area contributed by atoms with Gasteiger partial charge in [0.1, 0.15) is 0 Å². The average Bonchev–Trinajstić information content (AvgIpc) is 2.74. The maximum Gasteiger partial charge on any atom is 0.230 e. The summed E-state index contributed by atoms with van der Waals surface area (Å²) in [5.41, 5.74) is 0.929. The molecule has 16 heavy (non-hydrogen) atoms. The zero-order valence-corrected chi connectivity index (χ0v) is 9.89. The minimum absolute atomic E-state index is 0.0720. The molecule has 1 heterocycles. The Kier molecular flexibility index (Phi) is 3.54. The molecular formula is C11H9ClN2OS. The van der Waals surface area contributed by atoms with Gasteiger partial charge in [-0.1, -0.05) is 23.7 Å². The van der Waals surface area contributed by atoms with Gasteiger partial charge in [0.2, 0.25) is 5.91 Å². The van der Waals surface area contributed by atoms with Crippen molar-refractivity contribution in [2.45, 2.75) is 6.42 Å². The number of anilines is 1. The molecule has 1 aromatic heterocycles. The lowest BCUT2D eigenvalue weighted by Crippen LogP contribution is -2.13. The number of carbonyl (C=O) groups is 1. The fraction of sp³-hybridized carbons (Fsp3) is 0.0909. The van der Waals surface area contributed by atoms with E-state index < -0.39 is 0 Å². The number of amides is 1. The molecule has 0 spiro atoms. The van der Waals surface area contributed by atoms with Gasteiger partial charge in [-0.3, -0.25) is 4.79 Å². The predicted octanol–water partition coefficient (Wildman–Crippen LogP) is 2.98. The maximum atomic E-state index is 11.6. The Morgan fingerprint density at radius 3 is 2.75 bits per heavy atom. The largest absolute Gasteiger partial charge is 0.302 e. The molecule has 2 aromatic rings. The first-order valence-corrected chi connectivity index (χ1v) is 5.93. The Morgan fingerprint density at radius 2 is 2.12 bits per heavy atom. The zero-order valence-electron chi connectivity index (χ0n) is 8.31. The fourth-order valence-corrected chi connectivity index (χ4v) is 1.91. The van der Waals surface area contributed by atoms with Crippen molar-refractivity contribution in [3.8, 4) is 0 Å². The highest BCUT2D eigenvalue weighted by Crippen LogP contribution is 2.13. The standard InChI is InChI=1S/C11H9ClN2OS/c12-9-3-1-8(2-4-9)7-10(15)14-11-13-5-6-16-11/h1-6H,7H2,(H,13,14,15). The van der Waals surface area contributed by atoms with Crippen molar-refractivity contribution < 1.29 is 4.79 Å². The van der Waals surface area contributed by atoms with Crippen LogP contribution >= 0.6 is 22.9 Å². The van der Waals surface area contributed by atoms with E-state index in [1.807, 2.05) is 17.5 Å². The Hall–Kier alpha value is -1.39. The van der Waals surface area contributed by atoms with Crippen LogP contribution < -0.4 is 5.32 Å². The third kappa shape index (κ3) is 3.05. The van der Waals surface area contributed by atoms with Crippen LogP contribution in [0.5, 0.6) is 0 Å². The molecule has 82 valence electrons. The molecular weight excluding hydrogens is 244 g/mol. The summed E-state index contributed by atoms with van der Waals surface area (Å²) in [6, 6.07) is 7.22. The minimum Gasteiger partial charge on any atom is -0.302 e. The van der Waals surface area contributed by atoms with Crippen LogP contribution in [0.2, 0.25) is 5.02 Å². The Morgan fingerprint density at radius 1 is 1.38 bits per heavy atom. The predicted molar refractivity (Wildman–Crippen MR) is 65.9 cm³/mol. The number of nitrogens with zero attached hydrogens (tertiary/aromatic N) is 1. The van der Waals surface area contributed by atoms with Gasteiger partial charge < -0.3 is 5.32 Å². The zero-order chi connectivity index (χ0) is 11.4. The Bertz CT molecular complexity index is 467. The average molecular weight is 253 g/mol. The van der Waals surface area contributed by atoms with E-state index in [1.165, 1.54) is 11.3 Å². The number of aromatic nitrogens is 1. The molecule has 0 saturated heterocycles. The summed E-state index contributed by atoms with van der Waals surface area (Å²) < 4.78 is 0. The summed E-state index contributed by atoms with van der Waals surface area (Å²) >= 11 is 7.15. The summed E-state index contributed by atoms with van der Waals surface area (Å²) in [5.74, 6) is -0.0720. The van der Waals surface area contributed by atoms with Crippen molar-refractivity contribution in [2.75, 3.05) is 5.32 Å². The van der Waals surface area contributed by atoms with Crippen molar-refractivity contribution in [3.63, 3.8) is 0 Å². The van der Waals surface area contributed by atoms with Gasteiger partial charge in [0.15, 0.2) is 5.13 Å². The summed E-state index contributed by atoms with van der Waals surface area (Å²) in [5, 5.41) is 5.83. The molecule has 0 bridgehead atoms. The molecule has 5 heteroatoms. The molecule has 0 aliphatic rings. The van der Waals surface area contributed by atoms with E-state index in [-0.39, 0.29) is 5.91 Å². The summed E-state index contributed by atoms with van der Waals surface area (Å²) in [6.45, 7) is 0. The van der Waals surface area contributed by atoms with E-state index in [0.29, 0.717) is 16.6 Å². The summed E-state index contributed by atoms with van der Waals surface area (Å²) in [6.07, 6.45) is 1.99. The van der Waals surface area contributed by atoms with Crippen LogP contribution in [0.3, 0.4) is 0 Å². The summed E-state index contributed by atoms with van der Waals surface area (Å²) in [7, 11) is 0. The van der Waals surface area contributed by atoms with Gasteiger partial charge in [0, 0.05) is 16.6 Å². The molecule has 0 unspecified atom stereocenters. The lowest BCUT2D eigenvalue weighted by atomic mass is 10.1. The molecule has 0 aliphatic carbocycles. The monoisotopic (exact) mass is 252 g/mol. The van der Waals surface area contributed by atoms with E-state index in [2.05, 4.69) is 10.3 Å². The lowest BCUT2D eigenvalue weighted by Gasteiger charge is -2.01. The molecule has 3 nitrogen and oxygen atoms in total. The van der Waals surface area contributed by atoms with Crippen LogP contribution in [0, 0.1) is 0 Å². The van der Waals surface area contributed by atoms with Gasteiger partial charge in [-0.05, 0) is 17.7 Å². The van der Waals surface area contributed by atoms with Crippen molar-refractivity contribution in [1.29, 1.82) is 0 Å². The van der Waals surface area contributed by atoms with E-state index in [9.17, 15) is 4.79 Å². The van der Waals surface area contributed by atoms with Gasteiger partial charge in [-0.25, -0.2) is 4.98 Å². The third-order valence-corrected chi connectivity index (χ3v) is 2.90. The van der Waals surface area contributed by atoms with Crippen molar-refractivity contribution in [1.82, 2.24) is 4.98 Å². The molecule has 1 amide bonds. The van der Waals surface area contributed by atoms with Gasteiger partial charge in [0.25, 0.3) is 0 Å². The second-order valence-corrected chi connectivity index (χ2v) is 4.52. The Labute approximate surface area is 102 Å². The van der Waals surface area contributed by atoms with Gasteiger partial charge in [-0.2, -0.15) is 0 Å². The molecule has 0 radical (unpaired) electrons. The molecule has 2 rings (SSSR count). The highest BCUT2D eigenvalue weighted by Gasteiger charge is 2.05. The first kappa shape index (κ1) is 11.1. The second-order valence-electron chi connectivity index (χ2n) is 3.19. The number of hydrogen-bond acceptors (Lipinski definition) is 3. The van der Waals surface area contributed by atoms with E-state index in [0.717, 1.165) is 5.56 Å². The van der Waals surface area contributed by atoms with Crippen LogP contribution in [0.15, 0.2) is 35.8 Å². The highest BCUT2D eigenvalue weighted by atomic mass is 35.5. The van der Waals surface area contributed by atoms with Crippen LogP contribution in [0.25, 0.3) is 0 Å². The number of benzene rings is 1. The van der Waals surface area contributed by atoms with Gasteiger partial charge in [-0.15, -0.1) is 11.3 Å². The fourth-order valence-electron chi connectivity index (χ4n) is 1.24. The smallest absolute Gasteiger partial charge is 0.230 e. The molecule has 0 saturated carbocycles. The van der Waals surface area contributed by atoms with Crippen LogP contribution in [0.1, 0.15) is 5.56 Å². The Balaban J connectivity index is 1.95. The highest BCUT2D eigenvalue weighted by molar-refractivity contribution is 7.13. The number of hydrogen-bond donors (Lipinski definition) is 1. The number of carbonyl (C=O) groups excluding carboxylic acids is 1. The van der Waals surface area contributed by atoms with Crippen LogP contribution in [-0.4, -0.2) is 10.9 Å². The molecule has 1 aromatic carbocycles. The van der Waals surface area contributed by atoms with E-state index >= 15 is 0 Å². The van der Waals surface area contributed by atoms with E-state index in [4.69, 9.17) is 11.6 Å². The number of rotatable bonds is 3. The number of thiazole rings is 1. The second kappa shape index (κ2) is 5.09. The van der Waals surface area contributed by atoms with Crippen molar-refractivity contribution >= 4 is 34.0 Å². The molecule has 0 atom stereocenters. The number of nitrogens with one attached hydrogen (secondary N) is 1. The third-order valence-electron chi connectivity index (χ3n) is 1.96. The lowest BCUT2D eigenvalue weighted by molar-refractivity contribution is -0.115. The van der Waals surface area contributed by atoms with Crippen LogP contribution in [0.4, 0.5) is 5.13 Å². The first-order valence-electron chi connectivity index (χ1n) is 4.68. The van der Waals surface area contributed by atoms with Gasteiger partial charge >= 0.3 is 0 Å². The minimum atomic E-state index is -0.0720. The summed E-state index contributed by atoms with van der Waals surface area (Å²) in [4.78, 5) is 15.6. The molecule has 0 aliphatic heterocycles. The van der Waals surface area contributed by atoms with Crippen molar-refractivity contribution in [2.24, 2.45) is 0 Å². The van der Waals surface area contributed by atoms with E-state index in [1.54, 1.807) is 18.3 Å². The van der Waals surface area contributed by atoms with Gasteiger partial charge in [0.05, 0.1) is 6.42 Å². The quantitative estimate of drug-likeness (QED) is 0.913. The topological polar surface area (TPSA) is 42.0 Å². The maximum absolute atomic E-state index is 11.6. The molecule has 1 N–H and O–H groups in total. The van der Waals surface area contributed by atoms with Crippen molar-refractivity contribution in [3.05, 3.63) is 46.4 Å². The molecule has 0 fully saturated rings.